The Bertz CT molecular complexity index is 840. The fourth-order valence-electron chi connectivity index (χ4n) is 2.67. The van der Waals surface area contributed by atoms with E-state index in [4.69, 9.17) is 14.5 Å². The van der Waals surface area contributed by atoms with Crippen LogP contribution in [0.5, 0.6) is 11.5 Å². The van der Waals surface area contributed by atoms with Gasteiger partial charge in [-0.2, -0.15) is 0 Å². The van der Waals surface area contributed by atoms with Crippen LogP contribution >= 0.6 is 0 Å². The van der Waals surface area contributed by atoms with Gasteiger partial charge in [0.15, 0.2) is 0 Å². The van der Waals surface area contributed by atoms with Crippen molar-refractivity contribution in [2.75, 3.05) is 14.2 Å². The third-order valence-electron chi connectivity index (χ3n) is 3.81. The number of ether oxygens (including phenoxy) is 2. The van der Waals surface area contributed by atoms with Crippen LogP contribution in [-0.2, 0) is 0 Å². The van der Waals surface area contributed by atoms with E-state index in [1.54, 1.807) is 14.2 Å². The summed E-state index contributed by atoms with van der Waals surface area (Å²) in [6, 6.07) is 14.3. The average Bonchev–Trinajstić information content (AvgIpc) is 2.53. The highest BCUT2D eigenvalue weighted by atomic mass is 16.5. The Morgan fingerprint density at radius 3 is 2.32 bits per heavy atom. The van der Waals surface area contributed by atoms with Crippen molar-refractivity contribution >= 4 is 10.9 Å². The molecule has 0 atom stereocenters. The summed E-state index contributed by atoms with van der Waals surface area (Å²) in [4.78, 5) is 4.80. The zero-order chi connectivity index (χ0) is 15.7. The van der Waals surface area contributed by atoms with E-state index in [1.807, 2.05) is 24.3 Å². The molecule has 2 aromatic carbocycles. The third-order valence-corrected chi connectivity index (χ3v) is 3.81. The number of aromatic nitrogens is 1. The van der Waals surface area contributed by atoms with Gasteiger partial charge in [-0.05, 0) is 61.4 Å². The molecule has 0 spiro atoms. The Kier molecular flexibility index (Phi) is 3.72. The zero-order valence-electron chi connectivity index (χ0n) is 13.3. The largest absolute Gasteiger partial charge is 0.497 e. The van der Waals surface area contributed by atoms with Gasteiger partial charge < -0.3 is 9.47 Å². The highest BCUT2D eigenvalue weighted by molar-refractivity contribution is 5.86. The van der Waals surface area contributed by atoms with Gasteiger partial charge in [-0.25, -0.2) is 4.98 Å². The number of benzene rings is 2. The molecule has 0 N–H and O–H groups in total. The van der Waals surface area contributed by atoms with Crippen molar-refractivity contribution in [1.29, 1.82) is 0 Å². The fraction of sp³-hybridized carbons (Fsp3) is 0.211. The van der Waals surface area contributed by atoms with E-state index in [2.05, 4.69) is 32.0 Å². The van der Waals surface area contributed by atoms with E-state index in [9.17, 15) is 0 Å². The first-order chi connectivity index (χ1) is 10.6. The SMILES string of the molecule is COc1cc(C)cc(-c2cc(C)c3ccc(OC)cc3n2)c1. The molecule has 0 aliphatic heterocycles. The van der Waals surface area contributed by atoms with Crippen molar-refractivity contribution in [3.05, 3.63) is 53.6 Å². The quantitative estimate of drug-likeness (QED) is 0.710. The van der Waals surface area contributed by atoms with Gasteiger partial charge in [-0.1, -0.05) is 0 Å². The molecular formula is C19H19NO2. The van der Waals surface area contributed by atoms with Crippen molar-refractivity contribution < 1.29 is 9.47 Å². The summed E-state index contributed by atoms with van der Waals surface area (Å²) >= 11 is 0. The molecule has 0 saturated carbocycles. The molecule has 1 aromatic heterocycles. The lowest BCUT2D eigenvalue weighted by atomic mass is 10.0. The van der Waals surface area contributed by atoms with E-state index in [1.165, 1.54) is 5.56 Å². The third kappa shape index (κ3) is 2.62. The van der Waals surface area contributed by atoms with Crippen LogP contribution in [0.3, 0.4) is 0 Å². The lowest BCUT2D eigenvalue weighted by molar-refractivity contribution is 0.414. The number of fused-ring (bicyclic) bond motifs is 1. The van der Waals surface area contributed by atoms with E-state index in [-0.39, 0.29) is 0 Å². The maximum Gasteiger partial charge on any atom is 0.121 e. The monoisotopic (exact) mass is 293 g/mol. The van der Waals surface area contributed by atoms with Crippen LogP contribution in [0.1, 0.15) is 11.1 Å². The van der Waals surface area contributed by atoms with Gasteiger partial charge in [0.1, 0.15) is 11.5 Å². The number of rotatable bonds is 3. The topological polar surface area (TPSA) is 31.4 Å². The van der Waals surface area contributed by atoms with Crippen LogP contribution in [0.25, 0.3) is 22.2 Å². The van der Waals surface area contributed by atoms with Crippen LogP contribution in [0.4, 0.5) is 0 Å². The van der Waals surface area contributed by atoms with Crippen molar-refractivity contribution in [2.45, 2.75) is 13.8 Å². The Labute approximate surface area is 130 Å². The van der Waals surface area contributed by atoms with Crippen molar-refractivity contribution in [2.24, 2.45) is 0 Å². The molecule has 3 rings (SSSR count). The van der Waals surface area contributed by atoms with E-state index < -0.39 is 0 Å². The van der Waals surface area contributed by atoms with Crippen molar-refractivity contribution in [3.63, 3.8) is 0 Å². The molecule has 1 heterocycles. The van der Waals surface area contributed by atoms with Crippen molar-refractivity contribution in [1.82, 2.24) is 4.98 Å². The number of aryl methyl sites for hydroxylation is 2. The number of hydrogen-bond donors (Lipinski definition) is 0. The molecule has 0 saturated heterocycles. The first-order valence-corrected chi connectivity index (χ1v) is 7.22. The molecule has 22 heavy (non-hydrogen) atoms. The Morgan fingerprint density at radius 1 is 0.818 bits per heavy atom. The van der Waals surface area contributed by atoms with Crippen LogP contribution < -0.4 is 9.47 Å². The first-order valence-electron chi connectivity index (χ1n) is 7.22. The van der Waals surface area contributed by atoms with Crippen LogP contribution in [-0.4, -0.2) is 19.2 Å². The summed E-state index contributed by atoms with van der Waals surface area (Å²) in [5.41, 5.74) is 5.29. The smallest absolute Gasteiger partial charge is 0.121 e. The molecule has 0 aliphatic carbocycles. The highest BCUT2D eigenvalue weighted by Crippen LogP contribution is 2.29. The molecule has 3 heteroatoms. The summed E-state index contributed by atoms with van der Waals surface area (Å²) in [6.45, 7) is 4.16. The molecule has 0 unspecified atom stereocenters. The fourth-order valence-corrected chi connectivity index (χ4v) is 2.67. The van der Waals surface area contributed by atoms with Gasteiger partial charge >= 0.3 is 0 Å². The summed E-state index contributed by atoms with van der Waals surface area (Å²) < 4.78 is 10.7. The lowest BCUT2D eigenvalue weighted by Crippen LogP contribution is -1.92. The van der Waals surface area contributed by atoms with Gasteiger partial charge in [0, 0.05) is 17.0 Å². The van der Waals surface area contributed by atoms with E-state index in [0.29, 0.717) is 0 Å². The normalized spacial score (nSPS) is 10.7. The summed E-state index contributed by atoms with van der Waals surface area (Å²) in [5, 5.41) is 1.14. The number of hydrogen-bond acceptors (Lipinski definition) is 3. The highest BCUT2D eigenvalue weighted by Gasteiger charge is 2.08. The molecule has 0 radical (unpaired) electrons. The summed E-state index contributed by atoms with van der Waals surface area (Å²) in [7, 11) is 3.35. The number of nitrogens with zero attached hydrogens (tertiary/aromatic N) is 1. The predicted octanol–water partition coefficient (Wildman–Crippen LogP) is 4.54. The van der Waals surface area contributed by atoms with E-state index in [0.717, 1.165) is 39.2 Å². The molecule has 0 aliphatic rings. The van der Waals surface area contributed by atoms with Gasteiger partial charge in [0.2, 0.25) is 0 Å². The maximum absolute atomic E-state index is 5.36. The van der Waals surface area contributed by atoms with E-state index >= 15 is 0 Å². The van der Waals surface area contributed by atoms with Crippen LogP contribution in [0.2, 0.25) is 0 Å². The zero-order valence-corrected chi connectivity index (χ0v) is 13.3. The van der Waals surface area contributed by atoms with Gasteiger partial charge in [0.05, 0.1) is 25.4 Å². The minimum atomic E-state index is 0.818. The molecule has 3 aromatic rings. The van der Waals surface area contributed by atoms with Gasteiger partial charge in [-0.3, -0.25) is 0 Å². The lowest BCUT2D eigenvalue weighted by Gasteiger charge is -2.10. The Balaban J connectivity index is 2.20. The number of methoxy groups -OCH3 is 2. The average molecular weight is 293 g/mol. The second-order valence-electron chi connectivity index (χ2n) is 5.45. The van der Waals surface area contributed by atoms with Gasteiger partial charge in [0.25, 0.3) is 0 Å². The minimum Gasteiger partial charge on any atom is -0.497 e. The summed E-state index contributed by atoms with van der Waals surface area (Å²) in [5.74, 6) is 1.67. The second-order valence-corrected chi connectivity index (χ2v) is 5.45. The molecule has 3 nitrogen and oxygen atoms in total. The van der Waals surface area contributed by atoms with Crippen LogP contribution in [0, 0.1) is 13.8 Å². The number of pyridine rings is 1. The van der Waals surface area contributed by atoms with Crippen LogP contribution in [0.15, 0.2) is 42.5 Å². The maximum atomic E-state index is 5.36. The molecule has 0 amide bonds. The second kappa shape index (κ2) is 5.68. The molecular weight excluding hydrogens is 274 g/mol. The minimum absolute atomic E-state index is 0.818. The molecule has 0 bridgehead atoms. The van der Waals surface area contributed by atoms with Gasteiger partial charge in [-0.15, -0.1) is 0 Å². The standard InChI is InChI=1S/C19H19NO2/c1-12-7-14(10-16(8-12)22-4)18-9-13(2)17-6-5-15(21-3)11-19(17)20-18/h5-11H,1-4H3. The molecule has 112 valence electrons. The predicted molar refractivity (Wildman–Crippen MR) is 89.8 cm³/mol. The summed E-state index contributed by atoms with van der Waals surface area (Å²) in [6.07, 6.45) is 0. The Hall–Kier alpha value is -2.55. The molecule has 0 fully saturated rings. The van der Waals surface area contributed by atoms with Crippen molar-refractivity contribution in [3.8, 4) is 22.8 Å². The Morgan fingerprint density at radius 2 is 1.59 bits per heavy atom. The first kappa shape index (κ1) is 14.4.